The number of hydrogen-bond donors (Lipinski definition) is 1. The second kappa shape index (κ2) is 6.31. The molecule has 1 N–H and O–H groups in total. The van der Waals surface area contributed by atoms with Crippen LogP contribution in [-0.4, -0.2) is 5.78 Å². The summed E-state index contributed by atoms with van der Waals surface area (Å²) in [5.74, 6) is 0.269. The van der Waals surface area contributed by atoms with E-state index in [0.29, 0.717) is 6.42 Å². The standard InChI is InChI=1S/C25H22BrNO/c1-25(2)13-19-23(21(28)14-25)22-18-9-4-3-6-15(18)10-11-20(22)27-24(19)16-7-5-8-17(26)12-16/h3-12,24,27H,13-14H2,1-2H3. The number of hydrogen-bond acceptors (Lipinski definition) is 2. The summed E-state index contributed by atoms with van der Waals surface area (Å²) in [6.07, 6.45) is 1.51. The van der Waals surface area contributed by atoms with Crippen molar-refractivity contribution in [2.45, 2.75) is 32.7 Å². The van der Waals surface area contributed by atoms with Crippen molar-refractivity contribution < 1.29 is 4.79 Å². The molecule has 1 aliphatic carbocycles. The summed E-state index contributed by atoms with van der Waals surface area (Å²) < 4.78 is 1.06. The van der Waals surface area contributed by atoms with Gasteiger partial charge in [0.1, 0.15) is 0 Å². The minimum Gasteiger partial charge on any atom is -0.374 e. The molecular weight excluding hydrogens is 410 g/mol. The Morgan fingerprint density at radius 3 is 2.64 bits per heavy atom. The number of nitrogens with one attached hydrogen (secondary N) is 1. The maximum Gasteiger partial charge on any atom is 0.164 e. The molecule has 1 heterocycles. The maximum atomic E-state index is 13.4. The first-order chi connectivity index (χ1) is 13.4. The fraction of sp³-hybridized carbons (Fsp3) is 0.240. The largest absolute Gasteiger partial charge is 0.374 e. The molecule has 0 aromatic heterocycles. The zero-order chi connectivity index (χ0) is 19.5. The number of rotatable bonds is 1. The summed E-state index contributed by atoms with van der Waals surface area (Å²) in [6.45, 7) is 4.40. The second-order valence-electron chi connectivity index (χ2n) is 8.68. The quantitative estimate of drug-likeness (QED) is 0.453. The first-order valence-electron chi connectivity index (χ1n) is 9.73. The Hall–Kier alpha value is -2.39. The molecule has 3 heteroatoms. The average molecular weight is 432 g/mol. The van der Waals surface area contributed by atoms with Crippen LogP contribution in [0, 0.1) is 5.41 Å². The highest BCUT2D eigenvalue weighted by molar-refractivity contribution is 9.10. The van der Waals surface area contributed by atoms with Crippen LogP contribution in [0.3, 0.4) is 0 Å². The molecule has 0 fully saturated rings. The van der Waals surface area contributed by atoms with Gasteiger partial charge in [0.2, 0.25) is 0 Å². The highest BCUT2D eigenvalue weighted by Crippen LogP contribution is 2.51. The zero-order valence-corrected chi connectivity index (χ0v) is 17.6. The topological polar surface area (TPSA) is 29.1 Å². The molecule has 3 aromatic rings. The predicted molar refractivity (Wildman–Crippen MR) is 119 cm³/mol. The molecule has 2 aliphatic rings. The molecule has 0 radical (unpaired) electrons. The van der Waals surface area contributed by atoms with Gasteiger partial charge in [-0.2, -0.15) is 0 Å². The number of anilines is 1. The number of carbonyl (C=O) groups excluding carboxylic acids is 1. The molecule has 0 saturated heterocycles. The fourth-order valence-electron chi connectivity index (χ4n) is 4.79. The molecule has 3 aromatic carbocycles. The van der Waals surface area contributed by atoms with Crippen LogP contribution >= 0.6 is 15.9 Å². The molecule has 28 heavy (non-hydrogen) atoms. The lowest BCUT2D eigenvalue weighted by atomic mass is 9.68. The first-order valence-corrected chi connectivity index (χ1v) is 10.5. The lowest BCUT2D eigenvalue weighted by Crippen LogP contribution is -2.32. The Labute approximate surface area is 173 Å². The molecule has 0 saturated carbocycles. The van der Waals surface area contributed by atoms with E-state index in [9.17, 15) is 4.79 Å². The van der Waals surface area contributed by atoms with E-state index in [-0.39, 0.29) is 17.2 Å². The van der Waals surface area contributed by atoms with E-state index in [1.807, 2.05) is 6.07 Å². The number of benzene rings is 3. The van der Waals surface area contributed by atoms with E-state index >= 15 is 0 Å². The Morgan fingerprint density at radius 2 is 1.82 bits per heavy atom. The average Bonchev–Trinajstić information content (AvgIpc) is 2.66. The molecule has 140 valence electrons. The van der Waals surface area contributed by atoms with Crippen LogP contribution in [0.5, 0.6) is 0 Å². The molecule has 5 rings (SSSR count). The summed E-state index contributed by atoms with van der Waals surface area (Å²) >= 11 is 3.60. The van der Waals surface area contributed by atoms with E-state index in [0.717, 1.165) is 33.1 Å². The van der Waals surface area contributed by atoms with Gasteiger partial charge in [0.05, 0.1) is 6.04 Å². The molecular formula is C25H22BrNO. The van der Waals surface area contributed by atoms with Crippen LogP contribution in [0.2, 0.25) is 0 Å². The van der Waals surface area contributed by atoms with Gasteiger partial charge in [-0.05, 0) is 51.9 Å². The van der Waals surface area contributed by atoms with Gasteiger partial charge >= 0.3 is 0 Å². The van der Waals surface area contributed by atoms with E-state index < -0.39 is 0 Å². The van der Waals surface area contributed by atoms with E-state index in [2.05, 4.69) is 89.7 Å². The lowest BCUT2D eigenvalue weighted by Gasteiger charge is -2.40. The van der Waals surface area contributed by atoms with Crippen LogP contribution in [0.4, 0.5) is 5.69 Å². The number of halogens is 1. The smallest absolute Gasteiger partial charge is 0.164 e. The first kappa shape index (κ1) is 17.7. The molecule has 1 unspecified atom stereocenters. The van der Waals surface area contributed by atoms with Gasteiger partial charge in [-0.3, -0.25) is 4.79 Å². The van der Waals surface area contributed by atoms with Crippen molar-refractivity contribution in [3.63, 3.8) is 0 Å². The Balaban J connectivity index is 1.81. The molecule has 1 atom stereocenters. The van der Waals surface area contributed by atoms with Crippen LogP contribution in [0.25, 0.3) is 16.3 Å². The SMILES string of the molecule is CC1(C)CC(=O)C2=C(C1)C(c1cccc(Br)c1)Nc1ccc3ccccc3c12. The number of ketones is 1. The normalized spacial score (nSPS) is 20.5. The monoisotopic (exact) mass is 431 g/mol. The van der Waals surface area contributed by atoms with Crippen LogP contribution < -0.4 is 5.32 Å². The third-order valence-electron chi connectivity index (χ3n) is 5.92. The van der Waals surface area contributed by atoms with Crippen molar-refractivity contribution in [1.82, 2.24) is 0 Å². The second-order valence-corrected chi connectivity index (χ2v) is 9.60. The van der Waals surface area contributed by atoms with Crippen molar-refractivity contribution in [2.75, 3.05) is 5.32 Å². The Kier molecular flexibility index (Phi) is 3.99. The van der Waals surface area contributed by atoms with Gasteiger partial charge in [-0.1, -0.05) is 72.2 Å². The number of Topliss-reactive ketones (excluding diaryl/α,β-unsaturated/α-hetero) is 1. The highest BCUT2D eigenvalue weighted by Gasteiger charge is 2.40. The van der Waals surface area contributed by atoms with Gasteiger partial charge in [0.25, 0.3) is 0 Å². The zero-order valence-electron chi connectivity index (χ0n) is 16.1. The third-order valence-corrected chi connectivity index (χ3v) is 6.41. The predicted octanol–water partition coefficient (Wildman–Crippen LogP) is 6.91. The van der Waals surface area contributed by atoms with Gasteiger partial charge in [-0.15, -0.1) is 0 Å². The van der Waals surface area contributed by atoms with Gasteiger partial charge in [-0.25, -0.2) is 0 Å². The summed E-state index contributed by atoms with van der Waals surface area (Å²) in [7, 11) is 0. The van der Waals surface area contributed by atoms with E-state index in [1.54, 1.807) is 0 Å². The minimum atomic E-state index is -0.0239. The maximum absolute atomic E-state index is 13.4. The molecule has 2 nitrogen and oxygen atoms in total. The van der Waals surface area contributed by atoms with Crippen molar-refractivity contribution in [3.8, 4) is 0 Å². The molecule has 0 spiro atoms. The minimum absolute atomic E-state index is 0.0182. The van der Waals surface area contributed by atoms with Crippen LogP contribution in [-0.2, 0) is 4.79 Å². The molecule has 0 amide bonds. The highest BCUT2D eigenvalue weighted by atomic mass is 79.9. The summed E-state index contributed by atoms with van der Waals surface area (Å²) in [5, 5.41) is 6.09. The number of fused-ring (bicyclic) bond motifs is 4. The molecule has 0 bridgehead atoms. The van der Waals surface area contributed by atoms with E-state index in [4.69, 9.17) is 0 Å². The summed E-state index contributed by atoms with van der Waals surface area (Å²) in [6, 6.07) is 21.0. The van der Waals surface area contributed by atoms with Gasteiger partial charge < -0.3 is 5.32 Å². The van der Waals surface area contributed by atoms with Crippen molar-refractivity contribution in [3.05, 3.63) is 81.8 Å². The molecule has 1 aliphatic heterocycles. The van der Waals surface area contributed by atoms with E-state index in [1.165, 1.54) is 16.5 Å². The van der Waals surface area contributed by atoms with Gasteiger partial charge in [0, 0.05) is 27.7 Å². The van der Waals surface area contributed by atoms with Crippen LogP contribution in [0.15, 0.2) is 70.7 Å². The summed E-state index contributed by atoms with van der Waals surface area (Å²) in [5.41, 5.74) is 5.46. The van der Waals surface area contributed by atoms with Crippen molar-refractivity contribution >= 4 is 43.7 Å². The number of carbonyl (C=O) groups is 1. The number of allylic oxidation sites excluding steroid dienone is 1. The third kappa shape index (κ3) is 2.80. The van der Waals surface area contributed by atoms with Gasteiger partial charge in [0.15, 0.2) is 5.78 Å². The Morgan fingerprint density at radius 1 is 1.00 bits per heavy atom. The van der Waals surface area contributed by atoms with Crippen molar-refractivity contribution in [1.29, 1.82) is 0 Å². The Bertz CT molecular complexity index is 1160. The lowest BCUT2D eigenvalue weighted by molar-refractivity contribution is -0.116. The van der Waals surface area contributed by atoms with Crippen LogP contribution in [0.1, 0.15) is 43.9 Å². The van der Waals surface area contributed by atoms with Crippen molar-refractivity contribution in [2.24, 2.45) is 5.41 Å². The fourth-order valence-corrected chi connectivity index (χ4v) is 5.21. The summed E-state index contributed by atoms with van der Waals surface area (Å²) in [4.78, 5) is 13.4.